The van der Waals surface area contributed by atoms with Gasteiger partial charge >= 0.3 is 0 Å². The van der Waals surface area contributed by atoms with Gasteiger partial charge in [0.25, 0.3) is 5.91 Å². The van der Waals surface area contributed by atoms with Crippen LogP contribution in [-0.4, -0.2) is 50.4 Å². The summed E-state index contributed by atoms with van der Waals surface area (Å²) < 4.78 is 24.9. The van der Waals surface area contributed by atoms with Crippen molar-refractivity contribution in [3.63, 3.8) is 0 Å². The van der Waals surface area contributed by atoms with Crippen LogP contribution in [0.3, 0.4) is 0 Å². The van der Waals surface area contributed by atoms with Gasteiger partial charge in [-0.1, -0.05) is 6.42 Å². The van der Waals surface area contributed by atoms with Gasteiger partial charge in [0.05, 0.1) is 11.8 Å². The van der Waals surface area contributed by atoms with E-state index in [0.29, 0.717) is 23.5 Å². The number of piperidine rings is 1. The molecular weight excluding hydrogens is 326 g/mol. The van der Waals surface area contributed by atoms with Gasteiger partial charge in [-0.15, -0.1) is 11.3 Å². The monoisotopic (exact) mass is 345 g/mol. The minimum absolute atomic E-state index is 0.292. The summed E-state index contributed by atoms with van der Waals surface area (Å²) in [6.07, 6.45) is 3.15. The van der Waals surface area contributed by atoms with Crippen LogP contribution in [0.4, 0.5) is 5.00 Å². The van der Waals surface area contributed by atoms with E-state index in [1.54, 1.807) is 11.4 Å². The van der Waals surface area contributed by atoms with Crippen molar-refractivity contribution in [3.05, 3.63) is 17.0 Å². The van der Waals surface area contributed by atoms with E-state index in [1.165, 1.54) is 22.7 Å². The van der Waals surface area contributed by atoms with Crippen molar-refractivity contribution in [2.24, 2.45) is 0 Å². The number of hydrogen-bond acceptors (Lipinski definition) is 5. The molecule has 0 saturated carbocycles. The van der Waals surface area contributed by atoms with Gasteiger partial charge in [-0.25, -0.2) is 8.42 Å². The summed E-state index contributed by atoms with van der Waals surface area (Å²) in [5.41, 5.74) is 0.377. The van der Waals surface area contributed by atoms with E-state index in [1.807, 2.05) is 0 Å². The number of amides is 2. The van der Waals surface area contributed by atoms with Crippen molar-refractivity contribution < 1.29 is 18.0 Å². The van der Waals surface area contributed by atoms with Crippen LogP contribution in [0.5, 0.6) is 0 Å². The molecule has 7 nitrogen and oxygen atoms in total. The number of sulfonamides is 1. The second-order valence-electron chi connectivity index (χ2n) is 5.12. The Kier molecular flexibility index (Phi) is 5.20. The van der Waals surface area contributed by atoms with Crippen LogP contribution in [0.25, 0.3) is 0 Å². The van der Waals surface area contributed by atoms with Crippen molar-refractivity contribution in [3.8, 4) is 0 Å². The van der Waals surface area contributed by atoms with Crippen molar-refractivity contribution in [2.75, 3.05) is 25.2 Å². The molecule has 1 aliphatic heterocycles. The normalized spacial score (nSPS) is 19.6. The Morgan fingerprint density at radius 1 is 1.36 bits per heavy atom. The van der Waals surface area contributed by atoms with Crippen molar-refractivity contribution in [1.82, 2.24) is 9.62 Å². The largest absolute Gasteiger partial charge is 0.355 e. The maximum atomic E-state index is 12.4. The smallest absolute Gasteiger partial charge is 0.254 e. The highest BCUT2D eigenvalue weighted by Gasteiger charge is 2.34. The molecule has 1 aliphatic rings. The number of anilines is 1. The minimum Gasteiger partial charge on any atom is -0.355 e. The van der Waals surface area contributed by atoms with Crippen LogP contribution in [0.2, 0.25) is 0 Å². The number of nitrogens with zero attached hydrogens (tertiary/aromatic N) is 1. The summed E-state index contributed by atoms with van der Waals surface area (Å²) in [5, 5.41) is 7.33. The van der Waals surface area contributed by atoms with Gasteiger partial charge in [0.1, 0.15) is 11.0 Å². The van der Waals surface area contributed by atoms with E-state index in [4.69, 9.17) is 0 Å². The van der Waals surface area contributed by atoms with Crippen LogP contribution in [0.15, 0.2) is 11.4 Å². The van der Waals surface area contributed by atoms with E-state index >= 15 is 0 Å². The number of nitrogens with one attached hydrogen (secondary N) is 2. The fourth-order valence-electron chi connectivity index (χ4n) is 2.48. The average Bonchev–Trinajstić information content (AvgIpc) is 2.93. The second-order valence-corrected chi connectivity index (χ2v) is 7.97. The van der Waals surface area contributed by atoms with Crippen LogP contribution in [0.1, 0.15) is 29.6 Å². The summed E-state index contributed by atoms with van der Waals surface area (Å²) in [6, 6.07) is 0.900. The van der Waals surface area contributed by atoms with Crippen molar-refractivity contribution in [1.29, 1.82) is 0 Å². The standard InChI is InChI=1S/C13H19N3O4S2/c1-14-11(17)9-6-8-21-13(9)15-12(18)10-5-3-4-7-16(10)22(2,19)20/h6,8,10H,3-5,7H2,1-2H3,(H,14,17)(H,15,18). The zero-order valence-electron chi connectivity index (χ0n) is 12.5. The van der Waals surface area contributed by atoms with Gasteiger partial charge in [-0.3, -0.25) is 9.59 Å². The molecule has 1 unspecified atom stereocenters. The summed E-state index contributed by atoms with van der Waals surface area (Å²) >= 11 is 1.23. The van der Waals surface area contributed by atoms with Gasteiger partial charge < -0.3 is 10.6 Å². The fraction of sp³-hybridized carbons (Fsp3) is 0.538. The Balaban J connectivity index is 2.18. The first kappa shape index (κ1) is 16.9. The van der Waals surface area contributed by atoms with E-state index in [-0.39, 0.29) is 5.91 Å². The second kappa shape index (κ2) is 6.76. The molecule has 0 aromatic carbocycles. The Morgan fingerprint density at radius 3 is 2.73 bits per heavy atom. The highest BCUT2D eigenvalue weighted by atomic mass is 32.2. The minimum atomic E-state index is -3.43. The molecule has 9 heteroatoms. The molecule has 1 fully saturated rings. The number of rotatable bonds is 4. The van der Waals surface area contributed by atoms with Gasteiger partial charge in [0, 0.05) is 13.6 Å². The Hall–Kier alpha value is -1.45. The Bertz CT molecular complexity index is 669. The zero-order chi connectivity index (χ0) is 16.3. The molecule has 0 spiro atoms. The fourth-order valence-corrected chi connectivity index (χ4v) is 4.39. The molecular formula is C13H19N3O4S2. The van der Waals surface area contributed by atoms with Crippen molar-refractivity contribution >= 4 is 38.2 Å². The Morgan fingerprint density at radius 2 is 2.09 bits per heavy atom. The maximum Gasteiger partial charge on any atom is 0.254 e. The number of hydrogen-bond donors (Lipinski definition) is 2. The summed E-state index contributed by atoms with van der Waals surface area (Å²) in [4.78, 5) is 24.2. The first-order valence-electron chi connectivity index (χ1n) is 6.92. The highest BCUT2D eigenvalue weighted by molar-refractivity contribution is 7.88. The van der Waals surface area contributed by atoms with Gasteiger partial charge in [0.15, 0.2) is 0 Å². The first-order chi connectivity index (χ1) is 10.3. The summed E-state index contributed by atoms with van der Waals surface area (Å²) in [7, 11) is -1.92. The van der Waals surface area contributed by atoms with Gasteiger partial charge in [-0.2, -0.15) is 4.31 Å². The topological polar surface area (TPSA) is 95.6 Å². The molecule has 2 heterocycles. The van der Waals surface area contributed by atoms with Crippen LogP contribution < -0.4 is 10.6 Å². The molecule has 0 aliphatic carbocycles. The maximum absolute atomic E-state index is 12.4. The highest BCUT2D eigenvalue weighted by Crippen LogP contribution is 2.26. The van der Waals surface area contributed by atoms with Crippen molar-refractivity contribution in [2.45, 2.75) is 25.3 Å². The molecule has 0 radical (unpaired) electrons. The Labute approximate surface area is 133 Å². The molecule has 2 N–H and O–H groups in total. The first-order valence-corrected chi connectivity index (χ1v) is 9.64. The van der Waals surface area contributed by atoms with E-state index < -0.39 is 22.0 Å². The SMILES string of the molecule is CNC(=O)c1ccsc1NC(=O)C1CCCCN1S(C)(=O)=O. The number of thiophene rings is 1. The lowest BCUT2D eigenvalue weighted by atomic mass is 10.0. The third-order valence-electron chi connectivity index (χ3n) is 3.56. The third-order valence-corrected chi connectivity index (χ3v) is 5.67. The predicted molar refractivity (Wildman–Crippen MR) is 85.5 cm³/mol. The molecule has 122 valence electrons. The van der Waals surface area contributed by atoms with Gasteiger partial charge in [0.2, 0.25) is 15.9 Å². The zero-order valence-corrected chi connectivity index (χ0v) is 14.1. The molecule has 1 aromatic rings. The summed E-state index contributed by atoms with van der Waals surface area (Å²) in [6.45, 7) is 0.351. The lowest BCUT2D eigenvalue weighted by Crippen LogP contribution is -2.49. The molecule has 0 bridgehead atoms. The molecule has 1 atom stereocenters. The van der Waals surface area contributed by atoms with Gasteiger partial charge in [-0.05, 0) is 24.3 Å². The number of carbonyl (C=O) groups excluding carboxylic acids is 2. The molecule has 2 amide bonds. The average molecular weight is 345 g/mol. The predicted octanol–water partition coefficient (Wildman–Crippen LogP) is 0.860. The lowest BCUT2D eigenvalue weighted by molar-refractivity contribution is -0.120. The molecule has 1 aromatic heterocycles. The van der Waals surface area contributed by atoms with E-state index in [0.717, 1.165) is 19.1 Å². The van der Waals surface area contributed by atoms with E-state index in [9.17, 15) is 18.0 Å². The quantitative estimate of drug-likeness (QED) is 0.846. The van der Waals surface area contributed by atoms with E-state index in [2.05, 4.69) is 10.6 Å². The van der Waals surface area contributed by atoms with Crippen LogP contribution in [0, 0.1) is 0 Å². The third kappa shape index (κ3) is 3.65. The molecule has 22 heavy (non-hydrogen) atoms. The summed E-state index contributed by atoms with van der Waals surface area (Å²) in [5.74, 6) is -0.683. The molecule has 1 saturated heterocycles. The van der Waals surface area contributed by atoms with Crippen LogP contribution >= 0.6 is 11.3 Å². The van der Waals surface area contributed by atoms with Crippen LogP contribution in [-0.2, 0) is 14.8 Å². The lowest BCUT2D eigenvalue weighted by Gasteiger charge is -2.32. The molecule has 2 rings (SSSR count). The number of carbonyl (C=O) groups is 2.